The Bertz CT molecular complexity index is 397. The van der Waals surface area contributed by atoms with E-state index >= 15 is 0 Å². The Kier molecular flexibility index (Phi) is 4.64. The van der Waals surface area contributed by atoms with Gasteiger partial charge in [0.1, 0.15) is 5.02 Å². The first-order valence-electron chi connectivity index (χ1n) is 6.67. The average molecular weight is 269 g/mol. The predicted octanol–water partition coefficient (Wildman–Crippen LogP) is 3.55. The Morgan fingerprint density at radius 3 is 2.83 bits per heavy atom. The van der Waals surface area contributed by atoms with Gasteiger partial charge in [0.2, 0.25) is 5.95 Å². The highest BCUT2D eigenvalue weighted by Gasteiger charge is 2.21. The summed E-state index contributed by atoms with van der Waals surface area (Å²) in [5.41, 5.74) is 0. The fraction of sp³-hybridized carbons (Fsp3) is 0.692. The molecule has 1 saturated carbocycles. The van der Waals surface area contributed by atoms with E-state index in [2.05, 4.69) is 27.5 Å². The number of halogens is 1. The summed E-state index contributed by atoms with van der Waals surface area (Å²) in [7, 11) is 1.81. The minimum Gasteiger partial charge on any atom is -0.366 e. The van der Waals surface area contributed by atoms with Gasteiger partial charge in [0.05, 0.1) is 6.20 Å². The molecule has 2 rings (SSSR count). The van der Waals surface area contributed by atoms with Gasteiger partial charge in [-0.15, -0.1) is 0 Å². The predicted molar refractivity (Wildman–Crippen MR) is 76.2 cm³/mol. The molecule has 1 aromatic heterocycles. The summed E-state index contributed by atoms with van der Waals surface area (Å²) >= 11 is 6.15. The van der Waals surface area contributed by atoms with Crippen molar-refractivity contribution in [2.24, 2.45) is 5.92 Å². The summed E-state index contributed by atoms with van der Waals surface area (Å²) in [5.74, 6) is 2.01. The van der Waals surface area contributed by atoms with Crippen LogP contribution in [-0.4, -0.2) is 23.1 Å². The largest absolute Gasteiger partial charge is 0.366 e. The highest BCUT2D eigenvalue weighted by atomic mass is 35.5. The summed E-state index contributed by atoms with van der Waals surface area (Å²) in [6, 6.07) is 0.463. The average Bonchev–Trinajstić information content (AvgIpc) is 2.58. The Balaban J connectivity index is 2.11. The lowest BCUT2D eigenvalue weighted by Crippen LogP contribution is -2.27. The highest BCUT2D eigenvalue weighted by Crippen LogP contribution is 2.28. The van der Waals surface area contributed by atoms with Crippen LogP contribution in [0.5, 0.6) is 0 Å². The second-order valence-corrected chi connectivity index (χ2v) is 5.41. The molecule has 1 aliphatic carbocycles. The monoisotopic (exact) mass is 268 g/mol. The number of hydrogen-bond acceptors (Lipinski definition) is 4. The molecule has 1 fully saturated rings. The van der Waals surface area contributed by atoms with Crippen molar-refractivity contribution in [3.8, 4) is 0 Å². The van der Waals surface area contributed by atoms with Gasteiger partial charge in [-0.05, 0) is 18.8 Å². The van der Waals surface area contributed by atoms with Gasteiger partial charge < -0.3 is 10.6 Å². The molecule has 18 heavy (non-hydrogen) atoms. The standard InChI is InChI=1S/C13H21ClN4/c1-9-6-4-3-5-7-11(9)17-12-10(14)8-16-13(15-2)18-12/h8-9,11H,3-7H2,1-2H3,(H2,15,16,17,18). The van der Waals surface area contributed by atoms with Gasteiger partial charge in [-0.3, -0.25) is 0 Å². The van der Waals surface area contributed by atoms with Crippen molar-refractivity contribution in [2.45, 2.75) is 45.1 Å². The van der Waals surface area contributed by atoms with E-state index in [9.17, 15) is 0 Å². The van der Waals surface area contributed by atoms with E-state index in [1.165, 1.54) is 32.1 Å². The number of rotatable bonds is 3. The van der Waals surface area contributed by atoms with Crippen molar-refractivity contribution in [3.05, 3.63) is 11.2 Å². The van der Waals surface area contributed by atoms with Crippen LogP contribution in [0.1, 0.15) is 39.0 Å². The minimum absolute atomic E-state index is 0.463. The molecule has 100 valence electrons. The molecule has 0 spiro atoms. The quantitative estimate of drug-likeness (QED) is 0.823. The first-order chi connectivity index (χ1) is 8.70. The summed E-state index contributed by atoms with van der Waals surface area (Å²) in [4.78, 5) is 8.48. The van der Waals surface area contributed by atoms with E-state index in [1.807, 2.05) is 0 Å². The molecule has 1 aromatic rings. The molecule has 2 N–H and O–H groups in total. The Morgan fingerprint density at radius 1 is 1.28 bits per heavy atom. The molecule has 2 unspecified atom stereocenters. The second kappa shape index (κ2) is 6.23. The molecule has 5 heteroatoms. The van der Waals surface area contributed by atoms with E-state index in [1.54, 1.807) is 13.2 Å². The summed E-state index contributed by atoms with van der Waals surface area (Å²) in [5, 5.41) is 7.01. The lowest BCUT2D eigenvalue weighted by Gasteiger charge is -2.23. The van der Waals surface area contributed by atoms with Crippen LogP contribution in [0.4, 0.5) is 11.8 Å². The first-order valence-corrected chi connectivity index (χ1v) is 7.05. The SMILES string of the molecule is CNc1ncc(Cl)c(NC2CCCCCC2C)n1. The van der Waals surface area contributed by atoms with Crippen molar-refractivity contribution < 1.29 is 0 Å². The third-order valence-corrected chi connectivity index (χ3v) is 3.93. The van der Waals surface area contributed by atoms with Crippen LogP contribution in [0.3, 0.4) is 0 Å². The van der Waals surface area contributed by atoms with Crippen LogP contribution in [0.2, 0.25) is 5.02 Å². The zero-order valence-corrected chi connectivity index (χ0v) is 11.8. The topological polar surface area (TPSA) is 49.8 Å². The van der Waals surface area contributed by atoms with Gasteiger partial charge >= 0.3 is 0 Å². The molecule has 2 atom stereocenters. The third-order valence-electron chi connectivity index (χ3n) is 3.65. The molecular formula is C13H21ClN4. The van der Waals surface area contributed by atoms with Crippen molar-refractivity contribution in [1.29, 1.82) is 0 Å². The number of anilines is 2. The van der Waals surface area contributed by atoms with Crippen molar-refractivity contribution in [2.75, 3.05) is 17.7 Å². The Morgan fingerprint density at radius 2 is 2.06 bits per heavy atom. The van der Waals surface area contributed by atoms with Crippen LogP contribution in [0.25, 0.3) is 0 Å². The lowest BCUT2D eigenvalue weighted by atomic mass is 9.97. The minimum atomic E-state index is 0.463. The van der Waals surface area contributed by atoms with Crippen molar-refractivity contribution in [1.82, 2.24) is 9.97 Å². The van der Waals surface area contributed by atoms with E-state index in [4.69, 9.17) is 11.6 Å². The Labute approximate surface area is 114 Å². The number of nitrogens with one attached hydrogen (secondary N) is 2. The van der Waals surface area contributed by atoms with Crippen molar-refractivity contribution >= 4 is 23.4 Å². The second-order valence-electron chi connectivity index (χ2n) is 5.01. The smallest absolute Gasteiger partial charge is 0.224 e. The number of aromatic nitrogens is 2. The van der Waals surface area contributed by atoms with Crippen LogP contribution in [-0.2, 0) is 0 Å². The zero-order valence-electron chi connectivity index (χ0n) is 11.0. The van der Waals surface area contributed by atoms with Gasteiger partial charge in [-0.25, -0.2) is 4.98 Å². The summed E-state index contributed by atoms with van der Waals surface area (Å²) in [6.07, 6.45) is 8.06. The third kappa shape index (κ3) is 3.25. The Hall–Kier alpha value is -1.03. The number of hydrogen-bond donors (Lipinski definition) is 2. The van der Waals surface area contributed by atoms with Gasteiger partial charge in [-0.2, -0.15) is 4.98 Å². The van der Waals surface area contributed by atoms with Crippen LogP contribution < -0.4 is 10.6 Å². The maximum atomic E-state index is 6.15. The van der Waals surface area contributed by atoms with Gasteiger partial charge in [0, 0.05) is 13.1 Å². The first kappa shape index (κ1) is 13.4. The van der Waals surface area contributed by atoms with Gasteiger partial charge in [0.25, 0.3) is 0 Å². The van der Waals surface area contributed by atoms with E-state index in [-0.39, 0.29) is 0 Å². The summed E-state index contributed by atoms with van der Waals surface area (Å²) in [6.45, 7) is 2.30. The maximum absolute atomic E-state index is 6.15. The van der Waals surface area contributed by atoms with Gasteiger partial charge in [-0.1, -0.05) is 37.8 Å². The molecular weight excluding hydrogens is 248 g/mol. The zero-order chi connectivity index (χ0) is 13.0. The van der Waals surface area contributed by atoms with E-state index in [0.29, 0.717) is 22.9 Å². The molecule has 0 aromatic carbocycles. The molecule has 0 radical (unpaired) electrons. The molecule has 4 nitrogen and oxygen atoms in total. The van der Waals surface area contributed by atoms with Crippen LogP contribution in [0.15, 0.2) is 6.20 Å². The highest BCUT2D eigenvalue weighted by molar-refractivity contribution is 6.32. The number of nitrogens with zero attached hydrogens (tertiary/aromatic N) is 2. The van der Waals surface area contributed by atoms with Crippen LogP contribution >= 0.6 is 11.6 Å². The van der Waals surface area contributed by atoms with E-state index in [0.717, 1.165) is 5.82 Å². The fourth-order valence-electron chi connectivity index (χ4n) is 2.47. The van der Waals surface area contributed by atoms with Crippen LogP contribution in [0, 0.1) is 5.92 Å². The molecule has 0 saturated heterocycles. The van der Waals surface area contributed by atoms with Gasteiger partial charge in [0.15, 0.2) is 5.82 Å². The molecule has 0 aliphatic heterocycles. The van der Waals surface area contributed by atoms with Crippen molar-refractivity contribution in [3.63, 3.8) is 0 Å². The lowest BCUT2D eigenvalue weighted by molar-refractivity contribution is 0.455. The summed E-state index contributed by atoms with van der Waals surface area (Å²) < 4.78 is 0. The molecule has 1 aliphatic rings. The fourth-order valence-corrected chi connectivity index (χ4v) is 2.62. The normalized spacial score (nSPS) is 24.4. The molecule has 1 heterocycles. The molecule has 0 amide bonds. The van der Waals surface area contributed by atoms with E-state index < -0.39 is 0 Å². The maximum Gasteiger partial charge on any atom is 0.224 e. The molecule has 0 bridgehead atoms.